The number of urea groups is 1. The summed E-state index contributed by atoms with van der Waals surface area (Å²) in [6.45, 7) is 1.08. The predicted octanol–water partition coefficient (Wildman–Crippen LogP) is 1.02. The van der Waals surface area contributed by atoms with Crippen LogP contribution in [0.3, 0.4) is 0 Å². The Balaban J connectivity index is 2.00. The Labute approximate surface area is 106 Å². The predicted molar refractivity (Wildman–Crippen MR) is 67.7 cm³/mol. The van der Waals surface area contributed by atoms with Gasteiger partial charge in [-0.2, -0.15) is 0 Å². The second-order valence-electron chi connectivity index (χ2n) is 4.45. The van der Waals surface area contributed by atoms with Gasteiger partial charge < -0.3 is 5.73 Å². The van der Waals surface area contributed by atoms with E-state index in [1.54, 1.807) is 0 Å². The van der Waals surface area contributed by atoms with E-state index in [4.69, 9.17) is 5.73 Å². The van der Waals surface area contributed by atoms with Crippen LogP contribution in [0.5, 0.6) is 0 Å². The van der Waals surface area contributed by atoms with E-state index in [1.165, 1.54) is 5.56 Å². The van der Waals surface area contributed by atoms with E-state index >= 15 is 0 Å². The number of hydrogen-bond donors (Lipinski definition) is 2. The number of hydrogen-bond acceptors (Lipinski definition) is 3. The van der Waals surface area contributed by atoms with E-state index in [0.717, 1.165) is 19.4 Å². The van der Waals surface area contributed by atoms with E-state index in [9.17, 15) is 9.59 Å². The van der Waals surface area contributed by atoms with Crippen molar-refractivity contribution in [2.45, 2.75) is 18.9 Å². The van der Waals surface area contributed by atoms with Crippen LogP contribution in [0.15, 0.2) is 30.3 Å². The van der Waals surface area contributed by atoms with Crippen molar-refractivity contribution in [1.82, 2.24) is 10.2 Å². The average molecular weight is 247 g/mol. The van der Waals surface area contributed by atoms with Crippen LogP contribution in [0, 0.1) is 0 Å². The number of nitrogens with two attached hydrogens (primary N) is 1. The van der Waals surface area contributed by atoms with E-state index in [2.05, 4.69) is 22.3 Å². The van der Waals surface area contributed by atoms with Crippen LogP contribution in [0.1, 0.15) is 24.4 Å². The van der Waals surface area contributed by atoms with E-state index in [0.29, 0.717) is 0 Å². The molecule has 1 unspecified atom stereocenters. The van der Waals surface area contributed by atoms with Gasteiger partial charge in [-0.3, -0.25) is 15.0 Å². The van der Waals surface area contributed by atoms with Gasteiger partial charge in [-0.05, 0) is 24.9 Å². The maximum atomic E-state index is 11.5. The molecule has 1 aliphatic rings. The molecule has 1 aliphatic heterocycles. The molecule has 0 aliphatic carbocycles. The molecule has 0 radical (unpaired) electrons. The second kappa shape index (κ2) is 5.64. The highest BCUT2D eigenvalue weighted by Crippen LogP contribution is 2.31. The molecule has 3 amide bonds. The Kier molecular flexibility index (Phi) is 3.94. The van der Waals surface area contributed by atoms with Crippen molar-refractivity contribution in [3.8, 4) is 0 Å². The van der Waals surface area contributed by atoms with Gasteiger partial charge in [0.2, 0.25) is 5.91 Å². The minimum atomic E-state index is -0.796. The highest BCUT2D eigenvalue weighted by atomic mass is 16.2. The summed E-state index contributed by atoms with van der Waals surface area (Å²) in [5.74, 6) is -0.342. The van der Waals surface area contributed by atoms with Crippen LogP contribution >= 0.6 is 0 Å². The lowest BCUT2D eigenvalue weighted by Gasteiger charge is -2.23. The fraction of sp³-hybridized carbons (Fsp3) is 0.385. The van der Waals surface area contributed by atoms with Gasteiger partial charge in [-0.1, -0.05) is 30.3 Å². The first-order valence-electron chi connectivity index (χ1n) is 6.05. The second-order valence-corrected chi connectivity index (χ2v) is 4.45. The fourth-order valence-corrected chi connectivity index (χ4v) is 2.43. The summed E-state index contributed by atoms with van der Waals surface area (Å²) < 4.78 is 0. The summed E-state index contributed by atoms with van der Waals surface area (Å²) in [5, 5.41) is 2.10. The number of carbonyl (C=O) groups is 2. The van der Waals surface area contributed by atoms with Crippen molar-refractivity contribution in [3.63, 3.8) is 0 Å². The summed E-state index contributed by atoms with van der Waals surface area (Å²) in [6, 6.07) is 9.55. The average Bonchev–Trinajstić information content (AvgIpc) is 2.77. The Hall–Kier alpha value is -1.88. The third-order valence-corrected chi connectivity index (χ3v) is 3.16. The van der Waals surface area contributed by atoms with Gasteiger partial charge in [0.15, 0.2) is 0 Å². The molecule has 5 heteroatoms. The number of likely N-dealkylation sites (tertiary alicyclic amines) is 1. The van der Waals surface area contributed by atoms with Crippen LogP contribution < -0.4 is 11.1 Å². The molecule has 5 nitrogen and oxygen atoms in total. The maximum Gasteiger partial charge on any atom is 0.318 e. The molecule has 1 atom stereocenters. The van der Waals surface area contributed by atoms with Gasteiger partial charge in [0.1, 0.15) is 0 Å². The van der Waals surface area contributed by atoms with Crippen molar-refractivity contribution in [2.24, 2.45) is 5.73 Å². The minimum absolute atomic E-state index is 0.211. The van der Waals surface area contributed by atoms with E-state index < -0.39 is 6.03 Å². The largest absolute Gasteiger partial charge is 0.351 e. The molecule has 1 fully saturated rings. The molecule has 1 aromatic rings. The first-order chi connectivity index (χ1) is 8.66. The summed E-state index contributed by atoms with van der Waals surface area (Å²) in [7, 11) is 0. The zero-order valence-corrected chi connectivity index (χ0v) is 10.1. The zero-order valence-electron chi connectivity index (χ0n) is 10.1. The van der Waals surface area contributed by atoms with Crippen LogP contribution in [0.4, 0.5) is 4.79 Å². The number of amides is 3. The number of benzene rings is 1. The summed E-state index contributed by atoms with van der Waals surface area (Å²) in [5.41, 5.74) is 6.13. The third kappa shape index (κ3) is 3.07. The third-order valence-electron chi connectivity index (χ3n) is 3.16. The molecule has 0 saturated carbocycles. The number of nitrogens with zero attached hydrogens (tertiary/aromatic N) is 1. The van der Waals surface area contributed by atoms with Crippen molar-refractivity contribution < 1.29 is 9.59 Å². The molecule has 96 valence electrons. The van der Waals surface area contributed by atoms with Crippen LogP contribution in [0.2, 0.25) is 0 Å². The molecular formula is C13H17N3O2. The Bertz CT molecular complexity index is 433. The lowest BCUT2D eigenvalue weighted by Crippen LogP contribution is -2.42. The number of imide groups is 1. The van der Waals surface area contributed by atoms with Gasteiger partial charge in [0.05, 0.1) is 6.54 Å². The number of nitrogens with one attached hydrogen (secondary N) is 1. The summed E-state index contributed by atoms with van der Waals surface area (Å²) in [4.78, 5) is 24.2. The number of primary amides is 1. The SMILES string of the molecule is NC(=O)NC(=O)CN1CCCC1c1ccccc1. The highest BCUT2D eigenvalue weighted by molar-refractivity contribution is 5.94. The van der Waals surface area contributed by atoms with E-state index in [-0.39, 0.29) is 18.5 Å². The zero-order chi connectivity index (χ0) is 13.0. The molecule has 2 rings (SSSR count). The van der Waals surface area contributed by atoms with Crippen molar-refractivity contribution in [3.05, 3.63) is 35.9 Å². The standard InChI is InChI=1S/C13H17N3O2/c14-13(18)15-12(17)9-16-8-4-7-11(16)10-5-2-1-3-6-10/h1-3,5-6,11H,4,7-9H2,(H3,14,15,17,18). The first kappa shape index (κ1) is 12.6. The number of rotatable bonds is 3. The maximum absolute atomic E-state index is 11.5. The van der Waals surface area contributed by atoms with Gasteiger partial charge >= 0.3 is 6.03 Å². The summed E-state index contributed by atoms with van der Waals surface area (Å²) in [6.07, 6.45) is 2.09. The minimum Gasteiger partial charge on any atom is -0.351 e. The highest BCUT2D eigenvalue weighted by Gasteiger charge is 2.27. The topological polar surface area (TPSA) is 75.4 Å². The molecule has 1 heterocycles. The quantitative estimate of drug-likeness (QED) is 0.837. The van der Waals surface area contributed by atoms with Crippen molar-refractivity contribution in [2.75, 3.05) is 13.1 Å². The summed E-state index contributed by atoms with van der Waals surface area (Å²) >= 11 is 0. The van der Waals surface area contributed by atoms with Gasteiger partial charge in [0.25, 0.3) is 0 Å². The first-order valence-corrected chi connectivity index (χ1v) is 6.05. The van der Waals surface area contributed by atoms with Crippen molar-refractivity contribution >= 4 is 11.9 Å². The molecule has 0 bridgehead atoms. The smallest absolute Gasteiger partial charge is 0.318 e. The van der Waals surface area contributed by atoms with Crippen LogP contribution in [-0.2, 0) is 4.79 Å². The Morgan fingerprint density at radius 1 is 1.33 bits per heavy atom. The van der Waals surface area contributed by atoms with Gasteiger partial charge in [-0.15, -0.1) is 0 Å². The Morgan fingerprint density at radius 2 is 2.06 bits per heavy atom. The molecule has 1 saturated heterocycles. The molecule has 1 aromatic carbocycles. The molecular weight excluding hydrogens is 230 g/mol. The van der Waals surface area contributed by atoms with Crippen LogP contribution in [-0.4, -0.2) is 29.9 Å². The van der Waals surface area contributed by atoms with Gasteiger partial charge in [0, 0.05) is 6.04 Å². The van der Waals surface area contributed by atoms with Crippen molar-refractivity contribution in [1.29, 1.82) is 0 Å². The normalized spacial score (nSPS) is 19.7. The fourth-order valence-electron chi connectivity index (χ4n) is 2.43. The van der Waals surface area contributed by atoms with Crippen LogP contribution in [0.25, 0.3) is 0 Å². The molecule has 0 spiro atoms. The number of carbonyl (C=O) groups excluding carboxylic acids is 2. The monoisotopic (exact) mass is 247 g/mol. The molecule has 3 N–H and O–H groups in total. The van der Waals surface area contributed by atoms with E-state index in [1.807, 2.05) is 18.2 Å². The molecule has 18 heavy (non-hydrogen) atoms. The Morgan fingerprint density at radius 3 is 2.72 bits per heavy atom. The van der Waals surface area contributed by atoms with Gasteiger partial charge in [-0.25, -0.2) is 4.79 Å². The molecule has 0 aromatic heterocycles. The lowest BCUT2D eigenvalue weighted by atomic mass is 10.0. The lowest BCUT2D eigenvalue weighted by molar-refractivity contribution is -0.121.